The molecule has 0 N–H and O–H groups in total. The first-order valence-corrected chi connectivity index (χ1v) is 12.0. The van der Waals surface area contributed by atoms with Crippen molar-refractivity contribution in [2.75, 3.05) is 6.16 Å². The summed E-state index contributed by atoms with van der Waals surface area (Å²) in [6.45, 7) is 2.39. The predicted octanol–water partition coefficient (Wildman–Crippen LogP) is 3.39. The summed E-state index contributed by atoms with van der Waals surface area (Å²) in [6, 6.07) is 0. The summed E-state index contributed by atoms with van der Waals surface area (Å²) >= 11 is 4.38. The molecule has 0 radical (unpaired) electrons. The van der Waals surface area contributed by atoms with E-state index in [4.69, 9.17) is 0 Å². The number of hydrogen-bond donors (Lipinski definition) is 0. The van der Waals surface area contributed by atoms with Gasteiger partial charge in [0.05, 0.1) is 23.4 Å². The summed E-state index contributed by atoms with van der Waals surface area (Å²) < 4.78 is 0. The van der Waals surface area contributed by atoms with Gasteiger partial charge in [-0.3, -0.25) is 0 Å². The van der Waals surface area contributed by atoms with Gasteiger partial charge in [0.15, 0.2) is 0 Å². The molecule has 0 aromatic heterocycles. The fraction of sp³-hybridized carbons (Fsp3) is 1.00. The second-order valence-electron chi connectivity index (χ2n) is 6.14. The number of halogens is 2. The van der Waals surface area contributed by atoms with Gasteiger partial charge in [-0.15, -0.1) is 0 Å². The first kappa shape index (κ1) is 17.4. The van der Waals surface area contributed by atoms with Crippen LogP contribution in [0.3, 0.4) is 0 Å². The van der Waals surface area contributed by atoms with E-state index in [1.165, 1.54) is 76.8 Å². The van der Waals surface area contributed by atoms with Crippen LogP contribution in [0.25, 0.3) is 0 Å². The van der Waals surface area contributed by atoms with E-state index in [1.807, 2.05) is 0 Å². The molecule has 108 valence electrons. The minimum atomic E-state index is -0.808. The smallest absolute Gasteiger partial charge is 0.139 e. The minimum Gasteiger partial charge on any atom is -1.00 e. The molecule has 2 fully saturated rings. The average molecular weight is 400 g/mol. The lowest BCUT2D eigenvalue weighted by Gasteiger charge is -2.38. The molecule has 2 rings (SSSR count). The van der Waals surface area contributed by atoms with E-state index in [-0.39, 0.29) is 17.0 Å². The third-order valence-electron chi connectivity index (χ3n) is 4.93. The van der Waals surface area contributed by atoms with Crippen molar-refractivity contribution in [1.82, 2.24) is 0 Å². The highest BCUT2D eigenvalue weighted by Crippen LogP contribution is 2.78. The van der Waals surface area contributed by atoms with Crippen molar-refractivity contribution < 1.29 is 17.0 Å². The van der Waals surface area contributed by atoms with Crippen molar-refractivity contribution in [1.29, 1.82) is 0 Å². The average Bonchev–Trinajstić information content (AvgIpc) is 2.41. The summed E-state index contributed by atoms with van der Waals surface area (Å²) in [5, 5.41) is 0. The van der Waals surface area contributed by atoms with Crippen LogP contribution in [0.5, 0.6) is 0 Å². The lowest BCUT2D eigenvalue weighted by Crippen LogP contribution is -3.00. The molecule has 18 heavy (non-hydrogen) atoms. The molecule has 2 aliphatic rings. The fourth-order valence-electron chi connectivity index (χ4n) is 4.03. The number of hydrogen-bond acceptors (Lipinski definition) is 0. The second-order valence-corrected chi connectivity index (χ2v) is 13.7. The lowest BCUT2D eigenvalue weighted by atomic mass is 9.99. The summed E-state index contributed by atoms with van der Waals surface area (Å²) in [5.41, 5.74) is 2.17. The molecule has 0 atom stereocenters. The van der Waals surface area contributed by atoms with Crippen LogP contribution in [0.1, 0.15) is 77.6 Å². The molecule has 0 aromatic rings. The molecule has 2 aliphatic carbocycles. The monoisotopic (exact) mass is 398 g/mol. The third-order valence-corrected chi connectivity index (χ3v) is 14.1. The van der Waals surface area contributed by atoms with E-state index < -0.39 is 5.96 Å². The minimum absolute atomic E-state index is 0. The van der Waals surface area contributed by atoms with Gasteiger partial charge in [-0.1, -0.05) is 19.8 Å². The van der Waals surface area contributed by atoms with Crippen LogP contribution in [-0.2, 0) is 0 Å². The maximum Gasteiger partial charge on any atom is 0.139 e. The molecule has 0 aliphatic heterocycles. The number of rotatable bonds is 4. The van der Waals surface area contributed by atoms with E-state index in [1.54, 1.807) is 0 Å². The van der Waals surface area contributed by atoms with Crippen LogP contribution < -0.4 is 17.0 Å². The van der Waals surface area contributed by atoms with E-state index in [9.17, 15) is 0 Å². The summed E-state index contributed by atoms with van der Waals surface area (Å²) in [7, 11) is 0. The summed E-state index contributed by atoms with van der Waals surface area (Å²) in [6.07, 6.45) is 18.1. The summed E-state index contributed by atoms with van der Waals surface area (Å²) in [5.74, 6) is -0.808. The Hall–Kier alpha value is 1.39. The third kappa shape index (κ3) is 4.19. The molecular weight excluding hydrogens is 371 g/mol. The molecule has 0 nitrogen and oxygen atoms in total. The zero-order chi connectivity index (χ0) is 12.1. The molecule has 0 amide bonds. The highest BCUT2D eigenvalue weighted by Gasteiger charge is 2.50. The van der Waals surface area contributed by atoms with Gasteiger partial charge >= 0.3 is 0 Å². The van der Waals surface area contributed by atoms with Crippen molar-refractivity contribution >= 4 is 21.5 Å². The first-order valence-electron chi connectivity index (χ1n) is 7.84. The summed E-state index contributed by atoms with van der Waals surface area (Å²) in [4.78, 5) is 0. The predicted molar refractivity (Wildman–Crippen MR) is 84.8 cm³/mol. The zero-order valence-electron chi connectivity index (χ0n) is 11.8. The molecular formula is C15H29Br2P. The van der Waals surface area contributed by atoms with Crippen molar-refractivity contribution in [3.8, 4) is 0 Å². The molecule has 0 spiro atoms. The standard InChI is InChI=1S/C15H29BrP.BrH/c1-2-13-17(16,14-9-5-3-6-10-14)15-11-7-4-8-12-15;/h14-15H,2-13H2,1H3;1H/q+1;/p-1. The molecule has 2 saturated carbocycles. The Bertz CT molecular complexity index is 203. The normalized spacial score (nSPS) is 23.7. The van der Waals surface area contributed by atoms with Gasteiger partial charge in [-0.05, 0) is 57.8 Å². The molecule has 0 saturated heterocycles. The maximum atomic E-state index is 4.38. The Morgan fingerprint density at radius 3 is 1.56 bits per heavy atom. The van der Waals surface area contributed by atoms with Crippen LogP contribution in [0.15, 0.2) is 0 Å². The SMILES string of the molecule is CCC[P+](Br)(C1CCCCC1)C1CCCCC1.[Br-]. The molecule has 0 aromatic carbocycles. The Balaban J connectivity index is 0.00000162. The highest BCUT2D eigenvalue weighted by atomic mass is 79.9. The molecule has 0 unspecified atom stereocenters. The van der Waals surface area contributed by atoms with Crippen LogP contribution in [0.4, 0.5) is 0 Å². The van der Waals surface area contributed by atoms with Crippen LogP contribution >= 0.6 is 21.5 Å². The molecule has 0 heterocycles. The first-order chi connectivity index (χ1) is 8.27. The topological polar surface area (TPSA) is 0 Å². The highest BCUT2D eigenvalue weighted by molar-refractivity contribution is 9.42. The zero-order valence-corrected chi connectivity index (χ0v) is 15.9. The van der Waals surface area contributed by atoms with Gasteiger partial charge < -0.3 is 17.0 Å². The van der Waals surface area contributed by atoms with E-state index >= 15 is 0 Å². The Morgan fingerprint density at radius 1 is 0.833 bits per heavy atom. The second kappa shape index (κ2) is 8.63. The van der Waals surface area contributed by atoms with Crippen molar-refractivity contribution in [3.05, 3.63) is 0 Å². The van der Waals surface area contributed by atoms with Crippen molar-refractivity contribution in [2.24, 2.45) is 0 Å². The van der Waals surface area contributed by atoms with E-state index in [0.29, 0.717) is 0 Å². The van der Waals surface area contributed by atoms with Gasteiger partial charge in [0.2, 0.25) is 0 Å². The Labute approximate surface area is 133 Å². The van der Waals surface area contributed by atoms with Gasteiger partial charge in [0.1, 0.15) is 15.5 Å². The fourth-order valence-corrected chi connectivity index (χ4v) is 12.0. The van der Waals surface area contributed by atoms with Gasteiger partial charge in [0.25, 0.3) is 0 Å². The lowest BCUT2D eigenvalue weighted by molar-refractivity contribution is -0.00000355. The van der Waals surface area contributed by atoms with Crippen LogP contribution in [0, 0.1) is 0 Å². The van der Waals surface area contributed by atoms with E-state index in [0.717, 1.165) is 11.3 Å². The van der Waals surface area contributed by atoms with Gasteiger partial charge in [-0.2, -0.15) is 0 Å². The van der Waals surface area contributed by atoms with E-state index in [2.05, 4.69) is 22.4 Å². The van der Waals surface area contributed by atoms with Crippen LogP contribution in [0.2, 0.25) is 0 Å². The molecule has 0 bridgehead atoms. The van der Waals surface area contributed by atoms with Crippen molar-refractivity contribution in [3.63, 3.8) is 0 Å². The van der Waals surface area contributed by atoms with Crippen LogP contribution in [-0.4, -0.2) is 17.5 Å². The van der Waals surface area contributed by atoms with Gasteiger partial charge in [-0.25, -0.2) is 0 Å². The van der Waals surface area contributed by atoms with Crippen molar-refractivity contribution in [2.45, 2.75) is 88.9 Å². The largest absolute Gasteiger partial charge is 1.00 e. The Morgan fingerprint density at radius 2 is 1.22 bits per heavy atom. The Kier molecular flexibility index (Phi) is 8.36. The molecule has 3 heteroatoms. The maximum absolute atomic E-state index is 4.38. The quantitative estimate of drug-likeness (QED) is 0.635. The van der Waals surface area contributed by atoms with Gasteiger partial charge in [0, 0.05) is 0 Å².